The number of carboxylic acid groups (broad SMARTS) is 1. The Balaban J connectivity index is 1.74. The van der Waals surface area contributed by atoms with E-state index in [9.17, 15) is 19.1 Å². The van der Waals surface area contributed by atoms with Crippen LogP contribution in [-0.4, -0.2) is 20.6 Å². The van der Waals surface area contributed by atoms with Gasteiger partial charge in [-0.2, -0.15) is 0 Å². The van der Waals surface area contributed by atoms with Gasteiger partial charge in [-0.1, -0.05) is 18.2 Å². The summed E-state index contributed by atoms with van der Waals surface area (Å²) in [5.74, 6) is -1.39. The van der Waals surface area contributed by atoms with Crippen LogP contribution in [0.3, 0.4) is 0 Å². The Morgan fingerprint density at radius 3 is 2.53 bits per heavy atom. The Kier molecular flexibility index (Phi) is 6.12. The first-order valence-electron chi connectivity index (χ1n) is 11.3. The van der Waals surface area contributed by atoms with E-state index in [-0.39, 0.29) is 23.0 Å². The Morgan fingerprint density at radius 2 is 1.83 bits per heavy atom. The number of nitrogens with zero attached hydrogens (tertiary/aromatic N) is 2. The zero-order valence-electron chi connectivity index (χ0n) is 19.5. The molecule has 180 valence electrons. The predicted octanol–water partition coefficient (Wildman–Crippen LogP) is 6.43. The standard InChI is InChI=1S/C28H22FN3O3S/c1-16-13-21(17(2)31-24-6-4-3-5-20(24)27(34)35)22-15-25(18-7-9-19(29)10-8-18)32(26(33)23(22)14-16)28-30-11-12-36-28/h3-15,17,31H,1-2H3,(H,34,35). The van der Waals surface area contributed by atoms with Crippen molar-refractivity contribution in [1.29, 1.82) is 0 Å². The summed E-state index contributed by atoms with van der Waals surface area (Å²) in [6.07, 6.45) is 1.64. The highest BCUT2D eigenvalue weighted by atomic mass is 32.1. The summed E-state index contributed by atoms with van der Waals surface area (Å²) in [6.45, 7) is 3.85. The van der Waals surface area contributed by atoms with Crippen LogP contribution >= 0.6 is 11.3 Å². The molecule has 0 fully saturated rings. The van der Waals surface area contributed by atoms with Gasteiger partial charge in [0, 0.05) is 28.7 Å². The molecule has 0 amide bonds. The first kappa shape index (κ1) is 23.4. The van der Waals surface area contributed by atoms with Crippen LogP contribution in [0.25, 0.3) is 27.2 Å². The van der Waals surface area contributed by atoms with Crippen LogP contribution in [0.15, 0.2) is 83.1 Å². The zero-order chi connectivity index (χ0) is 25.4. The molecule has 0 aliphatic carbocycles. The number of aromatic nitrogens is 2. The average molecular weight is 500 g/mol. The highest BCUT2D eigenvalue weighted by Gasteiger charge is 2.20. The molecule has 2 aromatic heterocycles. The van der Waals surface area contributed by atoms with Gasteiger partial charge in [0.2, 0.25) is 0 Å². The van der Waals surface area contributed by atoms with Crippen LogP contribution in [0.4, 0.5) is 10.1 Å². The molecule has 1 unspecified atom stereocenters. The molecule has 0 spiro atoms. The van der Waals surface area contributed by atoms with Gasteiger partial charge in [0.25, 0.3) is 5.56 Å². The van der Waals surface area contributed by atoms with E-state index in [1.807, 2.05) is 32.0 Å². The van der Waals surface area contributed by atoms with Crippen LogP contribution in [0, 0.1) is 12.7 Å². The molecule has 1 atom stereocenters. The highest BCUT2D eigenvalue weighted by molar-refractivity contribution is 7.12. The fourth-order valence-corrected chi connectivity index (χ4v) is 5.06. The van der Waals surface area contributed by atoms with Crippen molar-refractivity contribution < 1.29 is 14.3 Å². The molecule has 6 nitrogen and oxygen atoms in total. The van der Waals surface area contributed by atoms with Crippen molar-refractivity contribution in [2.75, 3.05) is 5.32 Å². The van der Waals surface area contributed by atoms with Crippen LogP contribution in [0.5, 0.6) is 0 Å². The number of aryl methyl sites for hydroxylation is 1. The smallest absolute Gasteiger partial charge is 0.337 e. The van der Waals surface area contributed by atoms with Crippen LogP contribution < -0.4 is 10.9 Å². The van der Waals surface area contributed by atoms with E-state index in [0.717, 1.165) is 16.5 Å². The quantitative estimate of drug-likeness (QED) is 0.281. The van der Waals surface area contributed by atoms with Crippen molar-refractivity contribution in [3.63, 3.8) is 0 Å². The molecule has 0 saturated carbocycles. The van der Waals surface area contributed by atoms with E-state index in [1.54, 1.807) is 52.5 Å². The first-order valence-corrected chi connectivity index (χ1v) is 12.2. The summed E-state index contributed by atoms with van der Waals surface area (Å²) in [5, 5.41) is 16.5. The summed E-state index contributed by atoms with van der Waals surface area (Å²) in [5.41, 5.74) is 3.43. The molecule has 5 aromatic rings. The Bertz CT molecular complexity index is 1640. The maximum Gasteiger partial charge on any atom is 0.337 e. The third kappa shape index (κ3) is 4.27. The van der Waals surface area contributed by atoms with Gasteiger partial charge in [-0.05, 0) is 84.5 Å². The molecule has 0 aliphatic heterocycles. The van der Waals surface area contributed by atoms with E-state index in [4.69, 9.17) is 0 Å². The van der Waals surface area contributed by atoms with Crippen molar-refractivity contribution in [1.82, 2.24) is 9.55 Å². The third-order valence-corrected chi connectivity index (χ3v) is 6.81. The minimum atomic E-state index is -1.02. The number of fused-ring (bicyclic) bond motifs is 1. The Labute approximate surface area is 210 Å². The molecule has 0 radical (unpaired) electrons. The molecule has 8 heteroatoms. The summed E-state index contributed by atoms with van der Waals surface area (Å²) in [7, 11) is 0. The second-order valence-electron chi connectivity index (χ2n) is 8.52. The monoisotopic (exact) mass is 499 g/mol. The summed E-state index contributed by atoms with van der Waals surface area (Å²) >= 11 is 1.34. The van der Waals surface area contributed by atoms with Gasteiger partial charge in [0.05, 0.1) is 11.3 Å². The number of carboxylic acids is 1. The maximum absolute atomic E-state index is 13.9. The lowest BCUT2D eigenvalue weighted by Crippen LogP contribution is -2.21. The molecule has 0 aliphatic rings. The normalized spacial score (nSPS) is 12.0. The van der Waals surface area contributed by atoms with Crippen molar-refractivity contribution >= 4 is 33.8 Å². The minimum absolute atomic E-state index is 0.166. The number of hydrogen-bond acceptors (Lipinski definition) is 5. The van der Waals surface area contributed by atoms with Crippen molar-refractivity contribution in [2.45, 2.75) is 19.9 Å². The van der Waals surface area contributed by atoms with E-state index in [1.165, 1.54) is 23.5 Å². The van der Waals surface area contributed by atoms with Gasteiger partial charge < -0.3 is 10.4 Å². The third-order valence-electron chi connectivity index (χ3n) is 6.06. The van der Waals surface area contributed by atoms with Crippen LogP contribution in [0.2, 0.25) is 0 Å². The van der Waals surface area contributed by atoms with Crippen molar-refractivity contribution in [3.05, 3.63) is 111 Å². The number of para-hydroxylation sites is 1. The van der Waals surface area contributed by atoms with Gasteiger partial charge in [0.1, 0.15) is 5.82 Å². The molecular formula is C28H22FN3O3S. The molecule has 3 aromatic carbocycles. The fraction of sp³-hybridized carbons (Fsp3) is 0.107. The predicted molar refractivity (Wildman–Crippen MR) is 141 cm³/mol. The van der Waals surface area contributed by atoms with Crippen LogP contribution in [-0.2, 0) is 0 Å². The number of pyridine rings is 1. The molecule has 5 rings (SSSR count). The van der Waals surface area contributed by atoms with Crippen molar-refractivity contribution in [2.24, 2.45) is 0 Å². The van der Waals surface area contributed by atoms with Gasteiger partial charge in [-0.3, -0.25) is 9.36 Å². The van der Waals surface area contributed by atoms with Gasteiger partial charge in [0.15, 0.2) is 5.13 Å². The number of aromatic carboxylic acids is 1. The number of halogens is 1. The lowest BCUT2D eigenvalue weighted by Gasteiger charge is -2.21. The summed E-state index contributed by atoms with van der Waals surface area (Å²) in [6, 6.07) is 18.2. The molecule has 2 N–H and O–H groups in total. The number of nitrogens with one attached hydrogen (secondary N) is 1. The topological polar surface area (TPSA) is 84.2 Å². The molecule has 2 heterocycles. The van der Waals surface area contributed by atoms with Crippen molar-refractivity contribution in [3.8, 4) is 16.4 Å². The number of rotatable bonds is 6. The fourth-order valence-electron chi connectivity index (χ4n) is 4.41. The molecule has 0 bridgehead atoms. The molecule has 36 heavy (non-hydrogen) atoms. The molecule has 0 saturated heterocycles. The van der Waals surface area contributed by atoms with E-state index in [2.05, 4.69) is 10.3 Å². The summed E-state index contributed by atoms with van der Waals surface area (Å²) < 4.78 is 15.2. The average Bonchev–Trinajstić information content (AvgIpc) is 3.39. The molecular weight excluding hydrogens is 477 g/mol. The lowest BCUT2D eigenvalue weighted by molar-refractivity contribution is 0.0698. The number of benzene rings is 3. The lowest BCUT2D eigenvalue weighted by atomic mass is 9.95. The number of hydrogen-bond donors (Lipinski definition) is 2. The number of anilines is 1. The van der Waals surface area contributed by atoms with Crippen LogP contribution in [0.1, 0.15) is 34.5 Å². The van der Waals surface area contributed by atoms with E-state index in [0.29, 0.717) is 27.5 Å². The second kappa shape index (κ2) is 9.39. The largest absolute Gasteiger partial charge is 0.478 e. The Morgan fingerprint density at radius 1 is 1.08 bits per heavy atom. The van der Waals surface area contributed by atoms with Gasteiger partial charge in [-0.25, -0.2) is 14.2 Å². The number of thiazole rings is 1. The number of carbonyl (C=O) groups is 1. The minimum Gasteiger partial charge on any atom is -0.478 e. The van der Waals surface area contributed by atoms with Gasteiger partial charge >= 0.3 is 5.97 Å². The zero-order valence-corrected chi connectivity index (χ0v) is 20.3. The Hall–Kier alpha value is -4.30. The van der Waals surface area contributed by atoms with E-state index < -0.39 is 5.97 Å². The second-order valence-corrected chi connectivity index (χ2v) is 9.40. The van der Waals surface area contributed by atoms with E-state index >= 15 is 0 Å². The first-order chi connectivity index (χ1) is 17.3. The SMILES string of the molecule is Cc1cc(C(C)Nc2ccccc2C(=O)O)c2cc(-c3ccc(F)cc3)n(-c3nccs3)c(=O)c2c1. The highest BCUT2D eigenvalue weighted by Crippen LogP contribution is 2.32. The maximum atomic E-state index is 13.9. The summed E-state index contributed by atoms with van der Waals surface area (Å²) in [4.78, 5) is 29.9. The van der Waals surface area contributed by atoms with Gasteiger partial charge in [-0.15, -0.1) is 11.3 Å².